The van der Waals surface area contributed by atoms with Crippen molar-refractivity contribution in [3.8, 4) is 0 Å². The highest BCUT2D eigenvalue weighted by molar-refractivity contribution is 5.48. The number of allylic oxidation sites excluding steroid dienone is 9. The fraction of sp³-hybridized carbons (Fsp3) is 0.185. The summed E-state index contributed by atoms with van der Waals surface area (Å²) >= 11 is 0. The molecule has 0 aromatic heterocycles. The molecule has 0 fully saturated rings. The number of hydrogen-bond donors (Lipinski definition) is 0. The normalized spacial score (nSPS) is 16.8. The Morgan fingerprint density at radius 3 is 2.15 bits per heavy atom. The predicted octanol–water partition coefficient (Wildman–Crippen LogP) is 7.52. The molecule has 0 bridgehead atoms. The van der Waals surface area contributed by atoms with E-state index < -0.39 is 0 Å². The SMILES string of the molecule is C=C/C=C\C(=C/C)C(c1ccccc1)C(C1=CCCC=C1)c1ccccc1. The highest BCUT2D eigenvalue weighted by Crippen LogP contribution is 2.44. The molecule has 0 spiro atoms. The van der Waals surface area contributed by atoms with E-state index in [0.717, 1.165) is 12.8 Å². The summed E-state index contributed by atoms with van der Waals surface area (Å²) in [6.45, 7) is 5.99. The van der Waals surface area contributed by atoms with E-state index in [-0.39, 0.29) is 11.8 Å². The topological polar surface area (TPSA) is 0 Å². The van der Waals surface area contributed by atoms with Crippen molar-refractivity contribution in [3.63, 3.8) is 0 Å². The average molecular weight is 353 g/mol. The molecule has 0 saturated heterocycles. The Balaban J connectivity index is 2.18. The van der Waals surface area contributed by atoms with Gasteiger partial charge in [-0.1, -0.05) is 110 Å². The van der Waals surface area contributed by atoms with E-state index in [2.05, 4.69) is 105 Å². The van der Waals surface area contributed by atoms with Crippen LogP contribution in [0.1, 0.15) is 42.7 Å². The molecule has 0 heterocycles. The van der Waals surface area contributed by atoms with Gasteiger partial charge in [0.15, 0.2) is 0 Å². The van der Waals surface area contributed by atoms with Crippen LogP contribution in [0, 0.1) is 0 Å². The first-order chi connectivity index (χ1) is 13.3. The molecule has 0 aliphatic heterocycles. The third-order valence-electron chi connectivity index (χ3n) is 5.15. The smallest absolute Gasteiger partial charge is 0.0195 e. The van der Waals surface area contributed by atoms with Crippen molar-refractivity contribution >= 4 is 0 Å². The van der Waals surface area contributed by atoms with Gasteiger partial charge in [-0.3, -0.25) is 0 Å². The molecule has 3 rings (SSSR count). The summed E-state index contributed by atoms with van der Waals surface area (Å²) in [4.78, 5) is 0. The van der Waals surface area contributed by atoms with E-state index in [1.54, 1.807) is 0 Å². The van der Waals surface area contributed by atoms with Crippen LogP contribution in [0.2, 0.25) is 0 Å². The van der Waals surface area contributed by atoms with E-state index in [1.807, 2.05) is 12.2 Å². The molecule has 0 heteroatoms. The van der Waals surface area contributed by atoms with Crippen molar-refractivity contribution in [1.82, 2.24) is 0 Å². The van der Waals surface area contributed by atoms with Crippen molar-refractivity contribution in [3.05, 3.63) is 132 Å². The molecule has 1 aliphatic carbocycles. The molecule has 2 unspecified atom stereocenters. The van der Waals surface area contributed by atoms with Gasteiger partial charge in [0.2, 0.25) is 0 Å². The van der Waals surface area contributed by atoms with Gasteiger partial charge >= 0.3 is 0 Å². The second kappa shape index (κ2) is 9.73. The van der Waals surface area contributed by atoms with Crippen LogP contribution in [0.25, 0.3) is 0 Å². The summed E-state index contributed by atoms with van der Waals surface area (Å²) in [7, 11) is 0. The quantitative estimate of drug-likeness (QED) is 0.452. The molecule has 0 amide bonds. The molecule has 1 aliphatic rings. The van der Waals surface area contributed by atoms with Crippen LogP contribution >= 0.6 is 0 Å². The largest absolute Gasteiger partial charge is 0.0991 e. The summed E-state index contributed by atoms with van der Waals surface area (Å²) in [5.41, 5.74) is 5.42. The van der Waals surface area contributed by atoms with E-state index in [1.165, 1.54) is 22.3 Å². The fourth-order valence-electron chi connectivity index (χ4n) is 3.90. The Bertz CT molecular complexity index is 847. The monoisotopic (exact) mass is 352 g/mol. The van der Waals surface area contributed by atoms with Gasteiger partial charge in [0, 0.05) is 11.8 Å². The van der Waals surface area contributed by atoms with Crippen LogP contribution < -0.4 is 0 Å². The van der Waals surface area contributed by atoms with Gasteiger partial charge in [0.05, 0.1) is 0 Å². The molecule has 0 nitrogen and oxygen atoms in total. The van der Waals surface area contributed by atoms with Crippen LogP contribution in [0.4, 0.5) is 0 Å². The van der Waals surface area contributed by atoms with Crippen molar-refractivity contribution in [1.29, 1.82) is 0 Å². The minimum Gasteiger partial charge on any atom is -0.0991 e. The van der Waals surface area contributed by atoms with Crippen LogP contribution in [0.5, 0.6) is 0 Å². The van der Waals surface area contributed by atoms with Gasteiger partial charge in [-0.25, -0.2) is 0 Å². The zero-order valence-corrected chi connectivity index (χ0v) is 16.1. The van der Waals surface area contributed by atoms with Crippen LogP contribution in [-0.2, 0) is 0 Å². The van der Waals surface area contributed by atoms with Crippen molar-refractivity contribution in [2.75, 3.05) is 0 Å². The standard InChI is InChI=1S/C27H28/c1-3-5-15-22(4-2)26(23-16-9-6-10-17-23)27(24-18-11-7-12-19-24)25-20-13-8-14-21-25/h3-7,9-13,15-21,26-27H,1,8,14H2,2H3/b15-5-,22-4+. The molecule has 2 aromatic rings. The highest BCUT2D eigenvalue weighted by Gasteiger charge is 2.29. The van der Waals surface area contributed by atoms with E-state index in [0.29, 0.717) is 0 Å². The minimum absolute atomic E-state index is 0.254. The lowest BCUT2D eigenvalue weighted by Crippen LogP contribution is -2.16. The van der Waals surface area contributed by atoms with E-state index in [9.17, 15) is 0 Å². The zero-order chi connectivity index (χ0) is 18.9. The second-order valence-corrected chi connectivity index (χ2v) is 6.84. The maximum absolute atomic E-state index is 3.86. The Morgan fingerprint density at radius 2 is 1.59 bits per heavy atom. The van der Waals surface area contributed by atoms with Gasteiger partial charge in [-0.2, -0.15) is 0 Å². The van der Waals surface area contributed by atoms with Gasteiger partial charge < -0.3 is 0 Å². The van der Waals surface area contributed by atoms with Crippen LogP contribution in [0.3, 0.4) is 0 Å². The molecular weight excluding hydrogens is 324 g/mol. The van der Waals surface area contributed by atoms with Gasteiger partial charge in [-0.15, -0.1) is 0 Å². The Hall–Kier alpha value is -2.86. The lowest BCUT2D eigenvalue weighted by Gasteiger charge is -2.31. The van der Waals surface area contributed by atoms with Gasteiger partial charge in [-0.05, 0) is 42.0 Å². The number of benzene rings is 2. The maximum atomic E-state index is 3.86. The Kier molecular flexibility index (Phi) is 6.82. The summed E-state index contributed by atoms with van der Waals surface area (Å²) < 4.78 is 0. The first kappa shape index (κ1) is 18.9. The third kappa shape index (κ3) is 4.65. The first-order valence-corrected chi connectivity index (χ1v) is 9.77. The predicted molar refractivity (Wildman–Crippen MR) is 118 cm³/mol. The van der Waals surface area contributed by atoms with Crippen molar-refractivity contribution < 1.29 is 0 Å². The molecule has 27 heavy (non-hydrogen) atoms. The van der Waals surface area contributed by atoms with Gasteiger partial charge in [0.25, 0.3) is 0 Å². The molecule has 0 saturated carbocycles. The summed E-state index contributed by atoms with van der Waals surface area (Å²) in [5.74, 6) is 0.537. The molecule has 0 N–H and O–H groups in total. The molecular formula is C27H28. The molecule has 2 atom stereocenters. The van der Waals surface area contributed by atoms with Crippen LogP contribution in [0.15, 0.2) is 121 Å². The van der Waals surface area contributed by atoms with Crippen LogP contribution in [-0.4, -0.2) is 0 Å². The lowest BCUT2D eigenvalue weighted by molar-refractivity contribution is 0.684. The van der Waals surface area contributed by atoms with E-state index in [4.69, 9.17) is 0 Å². The Labute approximate surface area is 164 Å². The summed E-state index contributed by atoms with van der Waals surface area (Å²) in [6.07, 6.45) is 17.6. The summed E-state index contributed by atoms with van der Waals surface area (Å²) in [5, 5.41) is 0. The average Bonchev–Trinajstić information content (AvgIpc) is 2.75. The van der Waals surface area contributed by atoms with E-state index >= 15 is 0 Å². The fourth-order valence-corrected chi connectivity index (χ4v) is 3.90. The number of rotatable bonds is 7. The molecule has 136 valence electrons. The van der Waals surface area contributed by atoms with Crippen molar-refractivity contribution in [2.24, 2.45) is 0 Å². The van der Waals surface area contributed by atoms with Crippen molar-refractivity contribution in [2.45, 2.75) is 31.6 Å². The minimum atomic E-state index is 0.254. The lowest BCUT2D eigenvalue weighted by atomic mass is 9.72. The third-order valence-corrected chi connectivity index (χ3v) is 5.15. The first-order valence-electron chi connectivity index (χ1n) is 9.77. The number of hydrogen-bond acceptors (Lipinski definition) is 0. The Morgan fingerprint density at radius 1 is 0.926 bits per heavy atom. The summed E-state index contributed by atoms with van der Waals surface area (Å²) in [6, 6.07) is 21.8. The maximum Gasteiger partial charge on any atom is 0.0195 e. The van der Waals surface area contributed by atoms with Gasteiger partial charge in [0.1, 0.15) is 0 Å². The second-order valence-electron chi connectivity index (χ2n) is 6.84. The molecule has 0 radical (unpaired) electrons. The highest BCUT2D eigenvalue weighted by atomic mass is 14.3. The molecule has 2 aromatic carbocycles. The zero-order valence-electron chi connectivity index (χ0n) is 16.1.